The van der Waals surface area contributed by atoms with Gasteiger partial charge in [-0.3, -0.25) is 4.98 Å². The Kier molecular flexibility index (Phi) is 4.87. The maximum absolute atomic E-state index is 12.4. The molecule has 0 fully saturated rings. The van der Waals surface area contributed by atoms with Gasteiger partial charge in [0.15, 0.2) is 5.94 Å². The van der Waals surface area contributed by atoms with E-state index in [1.807, 2.05) is 18.3 Å². The Morgan fingerprint density at radius 2 is 1.81 bits per heavy atom. The van der Waals surface area contributed by atoms with Crippen molar-refractivity contribution in [1.82, 2.24) is 4.98 Å². The van der Waals surface area contributed by atoms with E-state index >= 15 is 0 Å². The molecule has 0 saturated heterocycles. The molecule has 0 aliphatic carbocycles. The first-order chi connectivity index (χ1) is 12.5. The summed E-state index contributed by atoms with van der Waals surface area (Å²) >= 11 is 0. The summed E-state index contributed by atoms with van der Waals surface area (Å²) in [5.74, 6) is 0.180. The van der Waals surface area contributed by atoms with Crippen molar-refractivity contribution in [2.24, 2.45) is 0 Å². The number of fused-ring (bicyclic) bond motifs is 1. The highest BCUT2D eigenvalue weighted by Crippen LogP contribution is 2.43. The summed E-state index contributed by atoms with van der Waals surface area (Å²) in [4.78, 5) is 4.87. The summed E-state index contributed by atoms with van der Waals surface area (Å²) in [5, 5.41) is 0. The molecule has 0 N–H and O–H groups in total. The van der Waals surface area contributed by atoms with Crippen LogP contribution in [-0.4, -0.2) is 19.3 Å². The summed E-state index contributed by atoms with van der Waals surface area (Å²) in [6.07, 6.45) is 3.84. The minimum atomic E-state index is -3.40. The summed E-state index contributed by atoms with van der Waals surface area (Å²) in [6.45, 7) is 13.0. The topological polar surface area (TPSA) is 56.3 Å². The van der Waals surface area contributed by atoms with Crippen LogP contribution in [0.3, 0.4) is 0 Å². The number of ether oxygens (including phenoxy) is 1. The van der Waals surface area contributed by atoms with E-state index in [1.165, 1.54) is 5.56 Å². The minimum Gasteiger partial charge on any atom is -0.476 e. The standard InChI is InChI=1S/C22H29NO3S/c1-7-9-22(5,6)17-13-19-20(27(24,25)14-26-19)12-16(17)18-11-15(8-10-23-18)21(2,3)4/h8,10-13H,7,9,14H2,1-6H3. The third-order valence-electron chi connectivity index (χ3n) is 5.29. The van der Waals surface area contributed by atoms with E-state index in [-0.39, 0.29) is 21.7 Å². The fourth-order valence-corrected chi connectivity index (χ4v) is 4.83. The van der Waals surface area contributed by atoms with E-state index in [9.17, 15) is 8.42 Å². The molecule has 27 heavy (non-hydrogen) atoms. The Morgan fingerprint density at radius 1 is 1.11 bits per heavy atom. The third-order valence-corrected chi connectivity index (χ3v) is 6.71. The second-order valence-electron chi connectivity index (χ2n) is 9.04. The highest BCUT2D eigenvalue weighted by atomic mass is 32.2. The molecule has 0 atom stereocenters. The van der Waals surface area contributed by atoms with Gasteiger partial charge >= 0.3 is 0 Å². The van der Waals surface area contributed by atoms with E-state index in [2.05, 4.69) is 52.6 Å². The van der Waals surface area contributed by atoms with Crippen LogP contribution in [0, 0.1) is 0 Å². The van der Waals surface area contributed by atoms with Crippen LogP contribution in [0.2, 0.25) is 0 Å². The Morgan fingerprint density at radius 3 is 2.44 bits per heavy atom. The molecule has 1 aliphatic rings. The molecule has 0 saturated carbocycles. The lowest BCUT2D eigenvalue weighted by atomic mass is 9.77. The van der Waals surface area contributed by atoms with Crippen molar-refractivity contribution in [2.45, 2.75) is 70.1 Å². The Bertz CT molecular complexity index is 970. The molecule has 1 aromatic carbocycles. The van der Waals surface area contributed by atoms with Gasteiger partial charge in [-0.05, 0) is 52.6 Å². The van der Waals surface area contributed by atoms with Gasteiger partial charge in [0.1, 0.15) is 10.6 Å². The quantitative estimate of drug-likeness (QED) is 0.719. The van der Waals surface area contributed by atoms with Crippen LogP contribution < -0.4 is 4.74 Å². The SMILES string of the molecule is CCCC(C)(C)c1cc2c(cc1-c1cc(C(C)(C)C)ccn1)S(=O)(=O)CO2. The summed E-state index contributed by atoms with van der Waals surface area (Å²) in [6, 6.07) is 7.78. The van der Waals surface area contributed by atoms with Crippen LogP contribution in [0.5, 0.6) is 5.75 Å². The minimum absolute atomic E-state index is 0.0112. The average molecular weight is 388 g/mol. The van der Waals surface area contributed by atoms with Crippen molar-refractivity contribution in [3.8, 4) is 17.0 Å². The van der Waals surface area contributed by atoms with Gasteiger partial charge in [0.05, 0.1) is 5.69 Å². The third kappa shape index (κ3) is 3.75. The van der Waals surface area contributed by atoms with E-state index in [0.29, 0.717) is 5.75 Å². The van der Waals surface area contributed by atoms with Gasteiger partial charge in [0, 0.05) is 11.8 Å². The lowest BCUT2D eigenvalue weighted by Gasteiger charge is -2.28. The van der Waals surface area contributed by atoms with Crippen molar-refractivity contribution < 1.29 is 13.2 Å². The summed E-state index contributed by atoms with van der Waals surface area (Å²) in [5.41, 5.74) is 3.82. The van der Waals surface area contributed by atoms with Gasteiger partial charge in [0.2, 0.25) is 9.84 Å². The number of hydrogen-bond donors (Lipinski definition) is 0. The monoisotopic (exact) mass is 387 g/mol. The van der Waals surface area contributed by atoms with Gasteiger partial charge in [-0.1, -0.05) is 48.0 Å². The zero-order valence-electron chi connectivity index (χ0n) is 17.1. The fraction of sp³-hybridized carbons (Fsp3) is 0.500. The van der Waals surface area contributed by atoms with Gasteiger partial charge in [-0.25, -0.2) is 8.42 Å². The number of hydrogen-bond acceptors (Lipinski definition) is 4. The molecule has 0 unspecified atom stereocenters. The van der Waals surface area contributed by atoms with Crippen molar-refractivity contribution in [2.75, 3.05) is 5.94 Å². The summed E-state index contributed by atoms with van der Waals surface area (Å²) in [7, 11) is -3.40. The van der Waals surface area contributed by atoms with E-state index in [0.717, 1.165) is 29.7 Å². The number of rotatable bonds is 4. The van der Waals surface area contributed by atoms with E-state index in [4.69, 9.17) is 4.74 Å². The fourth-order valence-electron chi connectivity index (χ4n) is 3.70. The van der Waals surface area contributed by atoms with Gasteiger partial charge < -0.3 is 4.74 Å². The molecule has 0 amide bonds. The number of benzene rings is 1. The molecule has 5 heteroatoms. The number of aromatic nitrogens is 1. The van der Waals surface area contributed by atoms with E-state index in [1.54, 1.807) is 6.07 Å². The van der Waals surface area contributed by atoms with Crippen LogP contribution in [-0.2, 0) is 20.7 Å². The predicted octanol–water partition coefficient (Wildman–Crippen LogP) is 5.25. The highest BCUT2D eigenvalue weighted by Gasteiger charge is 2.33. The molecule has 3 rings (SSSR count). The number of nitrogens with zero attached hydrogens (tertiary/aromatic N) is 1. The van der Waals surface area contributed by atoms with Crippen LogP contribution in [0.15, 0.2) is 35.4 Å². The molecule has 2 aromatic rings. The second-order valence-corrected chi connectivity index (χ2v) is 10.9. The molecule has 1 aliphatic heterocycles. The molecule has 2 heterocycles. The van der Waals surface area contributed by atoms with Crippen LogP contribution in [0.25, 0.3) is 11.3 Å². The first kappa shape index (κ1) is 19.9. The molecule has 0 radical (unpaired) electrons. The van der Waals surface area contributed by atoms with Crippen molar-refractivity contribution in [3.05, 3.63) is 41.6 Å². The van der Waals surface area contributed by atoms with Gasteiger partial charge in [-0.15, -0.1) is 0 Å². The Labute approximate surface area is 162 Å². The van der Waals surface area contributed by atoms with Gasteiger partial charge in [0.25, 0.3) is 0 Å². The zero-order chi connectivity index (χ0) is 20.0. The van der Waals surface area contributed by atoms with Crippen LogP contribution in [0.4, 0.5) is 0 Å². The van der Waals surface area contributed by atoms with Crippen molar-refractivity contribution in [3.63, 3.8) is 0 Å². The van der Waals surface area contributed by atoms with Gasteiger partial charge in [-0.2, -0.15) is 0 Å². The van der Waals surface area contributed by atoms with Crippen LogP contribution >= 0.6 is 0 Å². The maximum atomic E-state index is 12.4. The molecule has 0 bridgehead atoms. The van der Waals surface area contributed by atoms with E-state index < -0.39 is 9.84 Å². The molecular formula is C22H29NO3S. The summed E-state index contributed by atoms with van der Waals surface area (Å²) < 4.78 is 30.3. The number of pyridine rings is 1. The van der Waals surface area contributed by atoms with Crippen molar-refractivity contribution in [1.29, 1.82) is 0 Å². The average Bonchev–Trinajstić information content (AvgIpc) is 2.88. The van der Waals surface area contributed by atoms with Crippen LogP contribution in [0.1, 0.15) is 65.5 Å². The molecule has 0 spiro atoms. The predicted molar refractivity (Wildman–Crippen MR) is 109 cm³/mol. The van der Waals surface area contributed by atoms with Crippen molar-refractivity contribution >= 4 is 9.84 Å². The molecule has 1 aromatic heterocycles. The highest BCUT2D eigenvalue weighted by molar-refractivity contribution is 7.91. The Balaban J connectivity index is 2.28. The lowest BCUT2D eigenvalue weighted by molar-refractivity contribution is 0.386. The maximum Gasteiger partial charge on any atom is 0.216 e. The smallest absolute Gasteiger partial charge is 0.216 e. The Hall–Kier alpha value is -1.88. The second kappa shape index (κ2) is 6.62. The lowest BCUT2D eigenvalue weighted by Crippen LogP contribution is -2.18. The largest absolute Gasteiger partial charge is 0.476 e. The zero-order valence-corrected chi connectivity index (χ0v) is 17.9. The molecule has 4 nitrogen and oxygen atoms in total. The normalized spacial score (nSPS) is 16.1. The molecular weight excluding hydrogens is 358 g/mol. The molecule has 146 valence electrons. The first-order valence-corrected chi connectivity index (χ1v) is 11.1. The number of sulfone groups is 1. The first-order valence-electron chi connectivity index (χ1n) is 9.47.